The van der Waals surface area contributed by atoms with Crippen LogP contribution in [0.25, 0.3) is 0 Å². The SMILES string of the molecule is CCCCC(=O)Nc1ccc(CC)c(N)c1. The Morgan fingerprint density at radius 1 is 1.38 bits per heavy atom. The van der Waals surface area contributed by atoms with Crippen molar-refractivity contribution in [1.82, 2.24) is 0 Å². The zero-order chi connectivity index (χ0) is 12.0. The molecule has 0 atom stereocenters. The number of hydrogen-bond acceptors (Lipinski definition) is 2. The number of nitrogen functional groups attached to an aromatic ring is 1. The van der Waals surface area contributed by atoms with Gasteiger partial charge in [-0.3, -0.25) is 4.79 Å². The number of nitrogens with two attached hydrogens (primary N) is 1. The quantitative estimate of drug-likeness (QED) is 0.749. The Labute approximate surface area is 97.0 Å². The normalized spacial score (nSPS) is 10.1. The van der Waals surface area contributed by atoms with Crippen LogP contribution in [-0.4, -0.2) is 5.91 Å². The molecule has 16 heavy (non-hydrogen) atoms. The second-order valence-electron chi connectivity index (χ2n) is 3.92. The largest absolute Gasteiger partial charge is 0.398 e. The lowest BCUT2D eigenvalue weighted by Gasteiger charge is -2.08. The zero-order valence-corrected chi connectivity index (χ0v) is 10.0. The maximum Gasteiger partial charge on any atom is 0.224 e. The lowest BCUT2D eigenvalue weighted by atomic mass is 10.1. The topological polar surface area (TPSA) is 55.1 Å². The first kappa shape index (κ1) is 12.6. The molecule has 1 rings (SSSR count). The van der Waals surface area contributed by atoms with Crippen LogP contribution in [0, 0.1) is 0 Å². The van der Waals surface area contributed by atoms with Gasteiger partial charge in [-0.25, -0.2) is 0 Å². The first-order chi connectivity index (χ1) is 7.67. The Kier molecular flexibility index (Phi) is 4.83. The van der Waals surface area contributed by atoms with Crippen molar-refractivity contribution in [3.05, 3.63) is 23.8 Å². The van der Waals surface area contributed by atoms with Gasteiger partial charge in [-0.1, -0.05) is 26.3 Å². The maximum atomic E-state index is 11.5. The number of nitrogens with one attached hydrogen (secondary N) is 1. The molecular weight excluding hydrogens is 200 g/mol. The summed E-state index contributed by atoms with van der Waals surface area (Å²) >= 11 is 0. The van der Waals surface area contributed by atoms with Gasteiger partial charge in [0, 0.05) is 17.8 Å². The van der Waals surface area contributed by atoms with Crippen molar-refractivity contribution in [2.45, 2.75) is 39.5 Å². The highest BCUT2D eigenvalue weighted by Gasteiger charge is 2.03. The molecule has 0 saturated carbocycles. The van der Waals surface area contributed by atoms with Crippen LogP contribution < -0.4 is 11.1 Å². The molecular formula is C13H20N2O. The monoisotopic (exact) mass is 220 g/mol. The highest BCUT2D eigenvalue weighted by molar-refractivity contribution is 5.91. The number of carbonyl (C=O) groups is 1. The fourth-order valence-corrected chi connectivity index (χ4v) is 1.56. The van der Waals surface area contributed by atoms with Gasteiger partial charge < -0.3 is 11.1 Å². The zero-order valence-electron chi connectivity index (χ0n) is 10.0. The number of rotatable bonds is 5. The molecule has 0 bridgehead atoms. The van der Waals surface area contributed by atoms with Crippen molar-refractivity contribution in [2.24, 2.45) is 0 Å². The Morgan fingerprint density at radius 3 is 2.69 bits per heavy atom. The van der Waals surface area contributed by atoms with E-state index in [1.54, 1.807) is 0 Å². The summed E-state index contributed by atoms with van der Waals surface area (Å²) in [6.45, 7) is 4.13. The average Bonchev–Trinajstić information content (AvgIpc) is 2.26. The lowest BCUT2D eigenvalue weighted by molar-refractivity contribution is -0.116. The number of amides is 1. The second-order valence-corrected chi connectivity index (χ2v) is 3.92. The van der Waals surface area contributed by atoms with E-state index in [2.05, 4.69) is 19.2 Å². The van der Waals surface area contributed by atoms with E-state index in [-0.39, 0.29) is 5.91 Å². The number of hydrogen-bond donors (Lipinski definition) is 2. The standard InChI is InChI=1S/C13H20N2O/c1-3-5-6-13(16)15-11-8-7-10(4-2)12(14)9-11/h7-9H,3-6,14H2,1-2H3,(H,15,16). The summed E-state index contributed by atoms with van der Waals surface area (Å²) in [6, 6.07) is 5.69. The highest BCUT2D eigenvalue weighted by Crippen LogP contribution is 2.18. The summed E-state index contributed by atoms with van der Waals surface area (Å²) in [5.41, 5.74) is 8.51. The molecule has 0 saturated heterocycles. The summed E-state index contributed by atoms with van der Waals surface area (Å²) in [5.74, 6) is 0.0606. The van der Waals surface area contributed by atoms with Gasteiger partial charge in [-0.15, -0.1) is 0 Å². The van der Waals surface area contributed by atoms with Gasteiger partial charge in [0.1, 0.15) is 0 Å². The molecule has 1 aromatic carbocycles. The van der Waals surface area contributed by atoms with E-state index >= 15 is 0 Å². The van der Waals surface area contributed by atoms with E-state index in [4.69, 9.17) is 5.73 Å². The maximum absolute atomic E-state index is 11.5. The van der Waals surface area contributed by atoms with Gasteiger partial charge in [-0.2, -0.15) is 0 Å². The van der Waals surface area contributed by atoms with Crippen LogP contribution in [0.4, 0.5) is 11.4 Å². The third-order valence-electron chi connectivity index (χ3n) is 2.57. The summed E-state index contributed by atoms with van der Waals surface area (Å²) in [7, 11) is 0. The van der Waals surface area contributed by atoms with Crippen LogP contribution in [0.15, 0.2) is 18.2 Å². The summed E-state index contributed by atoms with van der Waals surface area (Å²) in [6.07, 6.45) is 3.44. The minimum absolute atomic E-state index is 0.0606. The number of anilines is 2. The van der Waals surface area contributed by atoms with E-state index in [1.807, 2.05) is 18.2 Å². The van der Waals surface area contributed by atoms with E-state index in [9.17, 15) is 4.79 Å². The van der Waals surface area contributed by atoms with Gasteiger partial charge in [-0.05, 0) is 30.5 Å². The van der Waals surface area contributed by atoms with Gasteiger partial charge >= 0.3 is 0 Å². The van der Waals surface area contributed by atoms with E-state index < -0.39 is 0 Å². The predicted molar refractivity (Wildman–Crippen MR) is 68.4 cm³/mol. The van der Waals surface area contributed by atoms with Gasteiger partial charge in [0.25, 0.3) is 0 Å². The van der Waals surface area contributed by atoms with Crippen LogP contribution in [0.3, 0.4) is 0 Å². The predicted octanol–water partition coefficient (Wildman–Crippen LogP) is 2.96. The molecule has 3 nitrogen and oxygen atoms in total. The minimum atomic E-state index is 0.0606. The fraction of sp³-hybridized carbons (Fsp3) is 0.462. The number of benzene rings is 1. The number of aryl methyl sites for hydroxylation is 1. The number of carbonyl (C=O) groups excluding carboxylic acids is 1. The van der Waals surface area contributed by atoms with Crippen molar-refractivity contribution in [1.29, 1.82) is 0 Å². The average molecular weight is 220 g/mol. The van der Waals surface area contributed by atoms with Crippen LogP contribution in [0.1, 0.15) is 38.7 Å². The first-order valence-corrected chi connectivity index (χ1v) is 5.85. The molecule has 0 spiro atoms. The molecule has 0 aliphatic heterocycles. The molecule has 0 heterocycles. The van der Waals surface area contributed by atoms with E-state index in [0.717, 1.165) is 36.2 Å². The number of unbranched alkanes of at least 4 members (excludes halogenated alkanes) is 1. The molecule has 1 aromatic rings. The Balaban J connectivity index is 2.61. The third-order valence-corrected chi connectivity index (χ3v) is 2.57. The molecule has 0 unspecified atom stereocenters. The van der Waals surface area contributed by atoms with Crippen LogP contribution >= 0.6 is 0 Å². The van der Waals surface area contributed by atoms with Crippen LogP contribution in [0.5, 0.6) is 0 Å². The molecule has 3 heteroatoms. The van der Waals surface area contributed by atoms with Crippen molar-refractivity contribution < 1.29 is 4.79 Å². The van der Waals surface area contributed by atoms with E-state index in [1.165, 1.54) is 0 Å². The van der Waals surface area contributed by atoms with E-state index in [0.29, 0.717) is 6.42 Å². The van der Waals surface area contributed by atoms with Crippen molar-refractivity contribution in [3.8, 4) is 0 Å². The van der Waals surface area contributed by atoms with Crippen molar-refractivity contribution in [2.75, 3.05) is 11.1 Å². The van der Waals surface area contributed by atoms with Crippen molar-refractivity contribution >= 4 is 17.3 Å². The van der Waals surface area contributed by atoms with Crippen LogP contribution in [-0.2, 0) is 11.2 Å². The molecule has 88 valence electrons. The molecule has 1 amide bonds. The molecule has 0 aliphatic carbocycles. The van der Waals surface area contributed by atoms with Gasteiger partial charge in [0.2, 0.25) is 5.91 Å². The third kappa shape index (κ3) is 3.57. The summed E-state index contributed by atoms with van der Waals surface area (Å²) in [4.78, 5) is 11.5. The fourth-order valence-electron chi connectivity index (χ4n) is 1.56. The molecule has 0 aromatic heterocycles. The summed E-state index contributed by atoms with van der Waals surface area (Å²) < 4.78 is 0. The smallest absolute Gasteiger partial charge is 0.224 e. The van der Waals surface area contributed by atoms with Crippen molar-refractivity contribution in [3.63, 3.8) is 0 Å². The minimum Gasteiger partial charge on any atom is -0.398 e. The molecule has 0 aliphatic rings. The Morgan fingerprint density at radius 2 is 2.12 bits per heavy atom. The lowest BCUT2D eigenvalue weighted by Crippen LogP contribution is -2.11. The first-order valence-electron chi connectivity index (χ1n) is 5.85. The Bertz CT molecular complexity index is 361. The Hall–Kier alpha value is -1.51. The van der Waals surface area contributed by atoms with Gasteiger partial charge in [0.05, 0.1) is 0 Å². The van der Waals surface area contributed by atoms with Gasteiger partial charge in [0.15, 0.2) is 0 Å². The summed E-state index contributed by atoms with van der Waals surface area (Å²) in [5, 5.41) is 2.85. The highest BCUT2D eigenvalue weighted by atomic mass is 16.1. The van der Waals surface area contributed by atoms with Crippen LogP contribution in [0.2, 0.25) is 0 Å². The molecule has 3 N–H and O–H groups in total. The molecule has 0 radical (unpaired) electrons. The second kappa shape index (κ2) is 6.16. The molecule has 0 fully saturated rings.